The minimum Gasteiger partial charge on any atom is -0.457 e. The number of halogens is 1. The summed E-state index contributed by atoms with van der Waals surface area (Å²) in [7, 11) is 0. The van der Waals surface area contributed by atoms with E-state index in [-0.39, 0.29) is 17.5 Å². The molecule has 1 aromatic rings. The van der Waals surface area contributed by atoms with E-state index < -0.39 is 0 Å². The summed E-state index contributed by atoms with van der Waals surface area (Å²) in [4.78, 5) is 15.1. The minimum absolute atomic E-state index is 0.0410. The van der Waals surface area contributed by atoms with Gasteiger partial charge in [0.1, 0.15) is 6.10 Å². The molecule has 0 bridgehead atoms. The Labute approximate surface area is 229 Å². The summed E-state index contributed by atoms with van der Waals surface area (Å²) in [5.41, 5.74) is 2.99. The number of likely N-dealkylation sites (tertiary alicyclic amines) is 1. The quantitative estimate of drug-likeness (QED) is 0.374. The van der Waals surface area contributed by atoms with Crippen LogP contribution >= 0.6 is 11.6 Å². The average molecular weight is 524 g/mol. The van der Waals surface area contributed by atoms with Crippen molar-refractivity contribution in [2.24, 2.45) is 34.5 Å². The summed E-state index contributed by atoms with van der Waals surface area (Å²) in [5, 5.41) is 0.758. The first-order valence-electron chi connectivity index (χ1n) is 15.2. The molecule has 3 nitrogen and oxygen atoms in total. The Morgan fingerprint density at radius 3 is 2.43 bits per heavy atom. The van der Waals surface area contributed by atoms with Gasteiger partial charge in [-0.3, -0.25) is 4.79 Å². The summed E-state index contributed by atoms with van der Waals surface area (Å²) in [6.07, 6.45) is 16.9. The zero-order valence-corrected chi connectivity index (χ0v) is 23.9. The smallest absolute Gasteiger partial charge is 0.303 e. The Hall–Kier alpha value is -1.32. The highest BCUT2D eigenvalue weighted by Crippen LogP contribution is 2.67. The van der Waals surface area contributed by atoms with E-state index >= 15 is 0 Å². The van der Waals surface area contributed by atoms with E-state index in [0.29, 0.717) is 11.3 Å². The molecule has 6 rings (SSSR count). The van der Waals surface area contributed by atoms with Crippen molar-refractivity contribution in [3.63, 3.8) is 0 Å². The lowest BCUT2D eigenvalue weighted by Gasteiger charge is -2.61. The summed E-state index contributed by atoms with van der Waals surface area (Å²) >= 11 is 6.15. The lowest BCUT2D eigenvalue weighted by Crippen LogP contribution is -2.56. The Kier molecular flexibility index (Phi) is 7.02. The van der Waals surface area contributed by atoms with E-state index in [1.807, 2.05) is 12.1 Å². The molecule has 0 amide bonds. The topological polar surface area (TPSA) is 29.5 Å². The van der Waals surface area contributed by atoms with Gasteiger partial charge in [0.2, 0.25) is 0 Å². The molecule has 0 unspecified atom stereocenters. The molecule has 0 N–H and O–H groups in total. The first kappa shape index (κ1) is 25.9. The van der Waals surface area contributed by atoms with Crippen molar-refractivity contribution in [2.75, 3.05) is 13.1 Å². The molecule has 1 saturated heterocycles. The van der Waals surface area contributed by atoms with E-state index in [1.165, 1.54) is 82.9 Å². The monoisotopic (exact) mass is 523 g/mol. The molecule has 0 aromatic heterocycles. The Morgan fingerprint density at radius 2 is 1.70 bits per heavy atom. The number of carbonyl (C=O) groups excluding carboxylic acids is 1. The average Bonchev–Trinajstić information content (AvgIpc) is 3.16. The number of esters is 1. The third-order valence-electron chi connectivity index (χ3n) is 11.9. The third kappa shape index (κ3) is 4.61. The number of piperidine rings is 1. The second-order valence-electron chi connectivity index (χ2n) is 13.7. The van der Waals surface area contributed by atoms with Crippen LogP contribution in [0.1, 0.15) is 97.0 Å². The zero-order valence-electron chi connectivity index (χ0n) is 23.2. The van der Waals surface area contributed by atoms with Gasteiger partial charge in [-0.05, 0) is 130 Å². The third-order valence-corrected chi connectivity index (χ3v) is 12.1. The number of rotatable bonds is 3. The van der Waals surface area contributed by atoms with Gasteiger partial charge in [0.05, 0.1) is 0 Å². The van der Waals surface area contributed by atoms with Crippen LogP contribution in [0, 0.1) is 34.5 Å². The second-order valence-corrected chi connectivity index (χ2v) is 14.1. The molecule has 37 heavy (non-hydrogen) atoms. The Balaban J connectivity index is 1.25. The second kappa shape index (κ2) is 10.0. The highest BCUT2D eigenvalue weighted by molar-refractivity contribution is 6.30. The predicted octanol–water partition coefficient (Wildman–Crippen LogP) is 8.16. The van der Waals surface area contributed by atoms with Crippen molar-refractivity contribution in [1.82, 2.24) is 4.90 Å². The molecule has 0 radical (unpaired) electrons. The molecule has 4 heteroatoms. The van der Waals surface area contributed by atoms with E-state index in [0.717, 1.165) is 40.8 Å². The summed E-state index contributed by atoms with van der Waals surface area (Å²) < 4.78 is 6.15. The van der Waals surface area contributed by atoms with Crippen molar-refractivity contribution in [3.05, 3.63) is 40.4 Å². The minimum atomic E-state index is -0.150. The van der Waals surface area contributed by atoms with Crippen LogP contribution in [0.2, 0.25) is 5.02 Å². The number of nitrogens with zero attached hydrogens (tertiary/aromatic N) is 1. The number of hydrogen-bond acceptors (Lipinski definition) is 3. The molecule has 0 spiro atoms. The summed E-state index contributed by atoms with van der Waals surface area (Å²) in [6.45, 7) is 9.36. The van der Waals surface area contributed by atoms with Crippen LogP contribution in [0.25, 0.3) is 6.08 Å². The first-order chi connectivity index (χ1) is 17.8. The van der Waals surface area contributed by atoms with E-state index in [9.17, 15) is 4.79 Å². The fraction of sp³-hybridized carbons (Fsp3) is 0.727. The Bertz CT molecular complexity index is 1030. The molecule has 1 aromatic carbocycles. The highest BCUT2D eigenvalue weighted by atomic mass is 35.5. The van der Waals surface area contributed by atoms with Crippen LogP contribution < -0.4 is 0 Å². The zero-order chi connectivity index (χ0) is 25.8. The van der Waals surface area contributed by atoms with Crippen molar-refractivity contribution in [3.8, 4) is 0 Å². The molecule has 1 aliphatic heterocycles. The number of fused-ring (bicyclic) bond motifs is 5. The SMILES string of the molecule is CC(=O)O[C@H]1/C(=C/c2ccc(Cl)cc2)C[C@H]2[C@@H]3CC[C@H]4C[C@@H](N5CCCCC5)CC[C@]4(C)[C@H]3CC[C@]12C. The van der Waals surface area contributed by atoms with Crippen LogP contribution in [0.15, 0.2) is 29.8 Å². The summed E-state index contributed by atoms with van der Waals surface area (Å²) in [6, 6.07) is 8.91. The van der Waals surface area contributed by atoms with Gasteiger partial charge in [-0.15, -0.1) is 0 Å². The van der Waals surface area contributed by atoms with Crippen molar-refractivity contribution in [1.29, 1.82) is 0 Å². The van der Waals surface area contributed by atoms with Gasteiger partial charge in [-0.25, -0.2) is 0 Å². The molecule has 5 aliphatic rings. The Morgan fingerprint density at radius 1 is 0.973 bits per heavy atom. The number of carbonyl (C=O) groups is 1. The van der Waals surface area contributed by atoms with Crippen LogP contribution in [0.3, 0.4) is 0 Å². The number of hydrogen-bond donors (Lipinski definition) is 0. The molecular formula is C33H46ClNO2. The lowest BCUT2D eigenvalue weighted by atomic mass is 9.45. The van der Waals surface area contributed by atoms with Gasteiger partial charge in [-0.1, -0.05) is 50.1 Å². The maximum atomic E-state index is 12.3. The predicted molar refractivity (Wildman–Crippen MR) is 151 cm³/mol. The number of benzene rings is 1. The first-order valence-corrected chi connectivity index (χ1v) is 15.5. The molecule has 8 atom stereocenters. The fourth-order valence-corrected chi connectivity index (χ4v) is 10.1. The van der Waals surface area contributed by atoms with Crippen LogP contribution in [-0.4, -0.2) is 36.1 Å². The normalized spacial score (nSPS) is 43.1. The van der Waals surface area contributed by atoms with Crippen LogP contribution in [0.5, 0.6) is 0 Å². The maximum Gasteiger partial charge on any atom is 0.303 e. The van der Waals surface area contributed by atoms with Crippen molar-refractivity contribution >= 4 is 23.6 Å². The molecule has 4 saturated carbocycles. The molecular weight excluding hydrogens is 478 g/mol. The maximum absolute atomic E-state index is 12.3. The highest BCUT2D eigenvalue weighted by Gasteiger charge is 2.62. The lowest BCUT2D eigenvalue weighted by molar-refractivity contribution is -0.160. The van der Waals surface area contributed by atoms with Gasteiger partial charge in [0.15, 0.2) is 0 Å². The summed E-state index contributed by atoms with van der Waals surface area (Å²) in [5.74, 6) is 2.91. The van der Waals surface area contributed by atoms with E-state index in [4.69, 9.17) is 16.3 Å². The fourth-order valence-electron chi connectivity index (χ4n) is 9.98. The van der Waals surface area contributed by atoms with Crippen LogP contribution in [-0.2, 0) is 9.53 Å². The van der Waals surface area contributed by atoms with Gasteiger partial charge < -0.3 is 9.64 Å². The number of ether oxygens (including phenoxy) is 1. The van der Waals surface area contributed by atoms with E-state index in [1.54, 1.807) is 6.92 Å². The standard InChI is InChI=1S/C33H46ClNO2/c1-22(36)37-31-24(19-23-7-10-26(34)11-8-23)20-30-28-12-9-25-21-27(35-17-5-4-6-18-35)13-15-32(25,2)29(28)14-16-33(30,31)3/h7-8,10-11,19,25,27-31H,4-6,9,12-18,20-21H2,1-3H3/b24-19+/t25-,27-,28+,29-,30-,31-,32-,33-/m0/s1. The molecule has 202 valence electrons. The molecule has 4 aliphatic carbocycles. The largest absolute Gasteiger partial charge is 0.457 e. The van der Waals surface area contributed by atoms with Crippen molar-refractivity contribution in [2.45, 2.75) is 104 Å². The molecule has 1 heterocycles. The van der Waals surface area contributed by atoms with Gasteiger partial charge in [0, 0.05) is 23.4 Å². The van der Waals surface area contributed by atoms with Gasteiger partial charge in [-0.2, -0.15) is 0 Å². The van der Waals surface area contributed by atoms with Gasteiger partial charge in [0.25, 0.3) is 0 Å². The molecule has 5 fully saturated rings. The van der Waals surface area contributed by atoms with Crippen LogP contribution in [0.4, 0.5) is 0 Å². The van der Waals surface area contributed by atoms with Gasteiger partial charge >= 0.3 is 5.97 Å². The van der Waals surface area contributed by atoms with Crippen molar-refractivity contribution < 1.29 is 9.53 Å². The van der Waals surface area contributed by atoms with E-state index in [2.05, 4.69) is 37.0 Å².